The molecule has 1 aromatic carbocycles. The lowest BCUT2D eigenvalue weighted by molar-refractivity contribution is 0.314. The number of ether oxygens (including phenoxy) is 2. The van der Waals surface area contributed by atoms with E-state index in [-0.39, 0.29) is 0 Å². The molecule has 0 aliphatic carbocycles. The SMILES string of the molecule is COc1ccc(OCCCNc2ccc3nnnn3n2)cc1. The van der Waals surface area contributed by atoms with Gasteiger partial charge in [-0.1, -0.05) is 0 Å². The predicted molar refractivity (Wildman–Crippen MR) is 80.2 cm³/mol. The highest BCUT2D eigenvalue weighted by Gasteiger charge is 2.00. The Bertz CT molecular complexity index is 728. The molecule has 0 saturated heterocycles. The number of fused-ring (bicyclic) bond motifs is 1. The zero-order valence-electron chi connectivity index (χ0n) is 12.1. The van der Waals surface area contributed by atoms with Crippen LogP contribution >= 0.6 is 0 Å². The Morgan fingerprint density at radius 3 is 2.73 bits per heavy atom. The minimum Gasteiger partial charge on any atom is -0.497 e. The highest BCUT2D eigenvalue weighted by molar-refractivity contribution is 5.41. The molecule has 114 valence electrons. The molecule has 22 heavy (non-hydrogen) atoms. The maximum atomic E-state index is 5.65. The molecule has 3 rings (SSSR count). The Balaban J connectivity index is 1.41. The van der Waals surface area contributed by atoms with Crippen molar-refractivity contribution in [3.8, 4) is 11.5 Å². The van der Waals surface area contributed by atoms with Gasteiger partial charge in [0.05, 0.1) is 13.7 Å². The summed E-state index contributed by atoms with van der Waals surface area (Å²) in [4.78, 5) is 0. The molecule has 0 fully saturated rings. The lowest BCUT2D eigenvalue weighted by Crippen LogP contribution is -2.09. The van der Waals surface area contributed by atoms with Crippen LogP contribution in [0.2, 0.25) is 0 Å². The molecule has 0 saturated carbocycles. The van der Waals surface area contributed by atoms with Crippen molar-refractivity contribution in [1.82, 2.24) is 25.3 Å². The largest absolute Gasteiger partial charge is 0.497 e. The van der Waals surface area contributed by atoms with E-state index < -0.39 is 0 Å². The van der Waals surface area contributed by atoms with Gasteiger partial charge in [0.15, 0.2) is 5.65 Å². The molecule has 2 heterocycles. The molecule has 3 aromatic rings. The molecule has 0 atom stereocenters. The van der Waals surface area contributed by atoms with Crippen LogP contribution in [0.4, 0.5) is 5.82 Å². The first-order valence-electron chi connectivity index (χ1n) is 6.91. The molecule has 0 amide bonds. The van der Waals surface area contributed by atoms with Crippen LogP contribution in [0.15, 0.2) is 36.4 Å². The van der Waals surface area contributed by atoms with E-state index in [9.17, 15) is 0 Å². The van der Waals surface area contributed by atoms with Crippen LogP contribution < -0.4 is 14.8 Å². The molecule has 0 spiro atoms. The summed E-state index contributed by atoms with van der Waals surface area (Å²) in [5, 5.41) is 18.5. The average molecular weight is 300 g/mol. The van der Waals surface area contributed by atoms with Gasteiger partial charge >= 0.3 is 0 Å². The van der Waals surface area contributed by atoms with E-state index in [1.807, 2.05) is 36.4 Å². The van der Waals surface area contributed by atoms with Gasteiger partial charge in [0, 0.05) is 6.54 Å². The van der Waals surface area contributed by atoms with Crippen molar-refractivity contribution >= 4 is 11.5 Å². The van der Waals surface area contributed by atoms with Crippen molar-refractivity contribution in [2.75, 3.05) is 25.6 Å². The Morgan fingerprint density at radius 2 is 1.91 bits per heavy atom. The monoisotopic (exact) mass is 300 g/mol. The number of nitrogens with zero attached hydrogens (tertiary/aromatic N) is 5. The van der Waals surface area contributed by atoms with Crippen LogP contribution in [-0.4, -0.2) is 45.5 Å². The predicted octanol–water partition coefficient (Wildman–Crippen LogP) is 1.41. The third-order valence-corrected chi connectivity index (χ3v) is 3.02. The molecule has 0 radical (unpaired) electrons. The van der Waals surface area contributed by atoms with E-state index in [4.69, 9.17) is 9.47 Å². The van der Waals surface area contributed by atoms with Crippen molar-refractivity contribution in [3.05, 3.63) is 36.4 Å². The number of methoxy groups -OCH3 is 1. The molecule has 0 unspecified atom stereocenters. The normalized spacial score (nSPS) is 10.6. The lowest BCUT2D eigenvalue weighted by Gasteiger charge is -2.08. The summed E-state index contributed by atoms with van der Waals surface area (Å²) in [6.07, 6.45) is 0.849. The zero-order chi connectivity index (χ0) is 15.2. The van der Waals surface area contributed by atoms with Gasteiger partial charge in [-0.25, -0.2) is 0 Å². The molecule has 1 N–H and O–H groups in total. The van der Waals surface area contributed by atoms with E-state index in [1.165, 1.54) is 4.63 Å². The number of hydrogen-bond donors (Lipinski definition) is 1. The minimum atomic E-state index is 0.618. The molecule has 0 aliphatic heterocycles. The van der Waals surface area contributed by atoms with Gasteiger partial charge in [0.1, 0.15) is 17.3 Å². The molecule has 0 aliphatic rings. The Hall–Kier alpha value is -2.90. The smallest absolute Gasteiger partial charge is 0.200 e. The van der Waals surface area contributed by atoms with Crippen molar-refractivity contribution < 1.29 is 9.47 Å². The minimum absolute atomic E-state index is 0.618. The highest BCUT2D eigenvalue weighted by atomic mass is 16.5. The van der Waals surface area contributed by atoms with Crippen LogP contribution in [-0.2, 0) is 0 Å². The second kappa shape index (κ2) is 6.70. The molecular formula is C14H16N6O2. The number of aromatic nitrogens is 5. The first-order chi connectivity index (χ1) is 10.8. The van der Waals surface area contributed by atoms with E-state index in [2.05, 4.69) is 25.9 Å². The number of rotatable bonds is 7. The van der Waals surface area contributed by atoms with Crippen LogP contribution in [0.25, 0.3) is 5.65 Å². The Kier molecular flexibility index (Phi) is 4.28. The van der Waals surface area contributed by atoms with Gasteiger partial charge in [-0.05, 0) is 53.2 Å². The van der Waals surface area contributed by atoms with Gasteiger partial charge in [-0.15, -0.1) is 14.8 Å². The third kappa shape index (κ3) is 3.40. The van der Waals surface area contributed by atoms with Crippen molar-refractivity contribution in [2.45, 2.75) is 6.42 Å². The van der Waals surface area contributed by atoms with Crippen LogP contribution in [0.5, 0.6) is 11.5 Å². The van der Waals surface area contributed by atoms with Gasteiger partial charge in [-0.2, -0.15) is 0 Å². The number of hydrogen-bond acceptors (Lipinski definition) is 7. The first kappa shape index (κ1) is 14.1. The zero-order valence-corrected chi connectivity index (χ0v) is 12.1. The Morgan fingerprint density at radius 1 is 1.09 bits per heavy atom. The first-order valence-corrected chi connectivity index (χ1v) is 6.91. The summed E-state index contributed by atoms with van der Waals surface area (Å²) in [5.74, 6) is 2.37. The molecule has 2 aromatic heterocycles. The second-order valence-electron chi connectivity index (χ2n) is 4.55. The maximum Gasteiger partial charge on any atom is 0.200 e. The fourth-order valence-electron chi connectivity index (χ4n) is 1.89. The van der Waals surface area contributed by atoms with Gasteiger partial charge in [-0.3, -0.25) is 0 Å². The fourth-order valence-corrected chi connectivity index (χ4v) is 1.89. The quantitative estimate of drug-likeness (QED) is 0.660. The summed E-state index contributed by atoms with van der Waals surface area (Å²) in [5.41, 5.74) is 0.619. The average Bonchev–Trinajstić information content (AvgIpc) is 3.03. The third-order valence-electron chi connectivity index (χ3n) is 3.02. The standard InChI is InChI=1S/C14H16N6O2/c1-21-11-3-5-12(6-4-11)22-10-2-9-15-13-7-8-14-16-18-19-20(14)17-13/h3-8H,2,9-10H2,1H3,(H,15,17). The van der Waals surface area contributed by atoms with Gasteiger partial charge < -0.3 is 14.8 Å². The summed E-state index contributed by atoms with van der Waals surface area (Å²) >= 11 is 0. The Labute approximate surface area is 127 Å². The summed E-state index contributed by atoms with van der Waals surface area (Å²) in [6, 6.07) is 11.2. The van der Waals surface area contributed by atoms with Gasteiger partial charge in [0.2, 0.25) is 0 Å². The molecule has 0 bridgehead atoms. The number of benzene rings is 1. The van der Waals surface area contributed by atoms with E-state index in [0.29, 0.717) is 12.3 Å². The summed E-state index contributed by atoms with van der Waals surface area (Å²) in [6.45, 7) is 1.36. The number of tetrazole rings is 1. The van der Waals surface area contributed by atoms with Crippen LogP contribution in [0, 0.1) is 0 Å². The van der Waals surface area contributed by atoms with Crippen molar-refractivity contribution in [2.24, 2.45) is 0 Å². The number of anilines is 1. The highest BCUT2D eigenvalue weighted by Crippen LogP contribution is 2.17. The molecular weight excluding hydrogens is 284 g/mol. The van der Waals surface area contributed by atoms with Crippen LogP contribution in [0.3, 0.4) is 0 Å². The van der Waals surface area contributed by atoms with Crippen LogP contribution in [0.1, 0.15) is 6.42 Å². The second-order valence-corrected chi connectivity index (χ2v) is 4.55. The topological polar surface area (TPSA) is 86.5 Å². The van der Waals surface area contributed by atoms with E-state index in [1.54, 1.807) is 7.11 Å². The fraction of sp³-hybridized carbons (Fsp3) is 0.286. The lowest BCUT2D eigenvalue weighted by atomic mass is 10.3. The number of nitrogens with one attached hydrogen (secondary N) is 1. The maximum absolute atomic E-state index is 5.65. The molecule has 8 heteroatoms. The van der Waals surface area contributed by atoms with E-state index >= 15 is 0 Å². The van der Waals surface area contributed by atoms with Crippen molar-refractivity contribution in [1.29, 1.82) is 0 Å². The molecule has 8 nitrogen and oxygen atoms in total. The van der Waals surface area contributed by atoms with Crippen molar-refractivity contribution in [3.63, 3.8) is 0 Å². The summed E-state index contributed by atoms with van der Waals surface area (Å²) in [7, 11) is 1.64. The van der Waals surface area contributed by atoms with Gasteiger partial charge in [0.25, 0.3) is 0 Å². The van der Waals surface area contributed by atoms with E-state index in [0.717, 1.165) is 30.3 Å². The summed E-state index contributed by atoms with van der Waals surface area (Å²) < 4.78 is 12.1.